The molecular weight excluding hydrogens is 520 g/mol. The van der Waals surface area contributed by atoms with Crippen molar-refractivity contribution in [3.8, 4) is 0 Å². The number of sulfonamides is 2. The van der Waals surface area contributed by atoms with E-state index in [1.165, 1.54) is 34.1 Å². The highest BCUT2D eigenvalue weighted by atomic mass is 32.2. The summed E-state index contributed by atoms with van der Waals surface area (Å²) in [6, 6.07) is 14.4. The summed E-state index contributed by atoms with van der Waals surface area (Å²) in [5.74, 6) is -0.504. The number of rotatable bonds is 6. The van der Waals surface area contributed by atoms with Crippen LogP contribution in [0.2, 0.25) is 0 Å². The first kappa shape index (κ1) is 27.0. The topological polar surface area (TPSA) is 125 Å². The van der Waals surface area contributed by atoms with Crippen LogP contribution < -0.4 is 0 Å². The van der Waals surface area contributed by atoms with Crippen molar-refractivity contribution in [2.75, 3.05) is 52.4 Å². The third kappa shape index (κ3) is 5.64. The molecule has 2 aromatic rings. The van der Waals surface area contributed by atoms with Crippen LogP contribution in [0.25, 0.3) is 0 Å². The monoisotopic (exact) mass is 550 g/mol. The fourth-order valence-electron chi connectivity index (χ4n) is 4.45. The molecule has 2 aliphatic rings. The van der Waals surface area contributed by atoms with E-state index >= 15 is 0 Å². The van der Waals surface area contributed by atoms with Crippen LogP contribution in [0.1, 0.15) is 6.92 Å². The molecule has 0 aromatic heterocycles. The molecule has 0 spiro atoms. The lowest BCUT2D eigenvalue weighted by Crippen LogP contribution is -2.63. The first-order valence-corrected chi connectivity index (χ1v) is 14.9. The van der Waals surface area contributed by atoms with E-state index in [9.17, 15) is 26.4 Å². The molecule has 11 nitrogen and oxygen atoms in total. The lowest BCUT2D eigenvalue weighted by molar-refractivity contribution is -0.138. The van der Waals surface area contributed by atoms with Crippen molar-refractivity contribution in [2.24, 2.45) is 0 Å². The molecule has 0 N–H and O–H groups in total. The van der Waals surface area contributed by atoms with Crippen LogP contribution in [0.3, 0.4) is 0 Å². The summed E-state index contributed by atoms with van der Waals surface area (Å²) >= 11 is 0. The Balaban J connectivity index is 1.61. The summed E-state index contributed by atoms with van der Waals surface area (Å²) in [5.41, 5.74) is 0. The second kappa shape index (κ2) is 11.2. The maximum Gasteiger partial charge on any atom is 0.409 e. The summed E-state index contributed by atoms with van der Waals surface area (Å²) in [5, 5.41) is 0. The second-order valence-corrected chi connectivity index (χ2v) is 12.5. The van der Waals surface area contributed by atoms with Crippen LogP contribution >= 0.6 is 0 Å². The minimum atomic E-state index is -4.08. The Morgan fingerprint density at radius 1 is 0.757 bits per heavy atom. The smallest absolute Gasteiger partial charge is 0.409 e. The van der Waals surface area contributed by atoms with Crippen LogP contribution in [0.4, 0.5) is 4.79 Å². The Morgan fingerprint density at radius 2 is 1.27 bits per heavy atom. The fourth-order valence-corrected chi connectivity index (χ4v) is 7.50. The van der Waals surface area contributed by atoms with E-state index in [4.69, 9.17) is 4.74 Å². The number of carbonyl (C=O) groups excluding carboxylic acids is 2. The van der Waals surface area contributed by atoms with Gasteiger partial charge >= 0.3 is 6.09 Å². The Morgan fingerprint density at radius 3 is 1.81 bits per heavy atom. The van der Waals surface area contributed by atoms with Crippen LogP contribution in [-0.2, 0) is 29.6 Å². The molecule has 2 aliphatic heterocycles. The highest BCUT2D eigenvalue weighted by Crippen LogP contribution is 2.26. The third-order valence-corrected chi connectivity index (χ3v) is 10.2. The van der Waals surface area contributed by atoms with Gasteiger partial charge < -0.3 is 14.5 Å². The highest BCUT2D eigenvalue weighted by Gasteiger charge is 2.45. The molecule has 0 aliphatic carbocycles. The number of piperazine rings is 2. The highest BCUT2D eigenvalue weighted by molar-refractivity contribution is 7.89. The summed E-state index contributed by atoms with van der Waals surface area (Å²) in [6.45, 7) is 2.17. The molecule has 13 heteroatoms. The fraction of sp³-hybridized carbons (Fsp3) is 0.417. The molecule has 0 saturated carbocycles. The van der Waals surface area contributed by atoms with E-state index in [1.54, 1.807) is 43.3 Å². The van der Waals surface area contributed by atoms with Gasteiger partial charge in [-0.1, -0.05) is 36.4 Å². The molecule has 0 unspecified atom stereocenters. The van der Waals surface area contributed by atoms with E-state index in [-0.39, 0.29) is 62.2 Å². The molecule has 1 atom stereocenters. The number of hydrogen-bond acceptors (Lipinski definition) is 7. The van der Waals surface area contributed by atoms with Crippen molar-refractivity contribution in [2.45, 2.75) is 22.8 Å². The van der Waals surface area contributed by atoms with Gasteiger partial charge in [-0.05, 0) is 31.2 Å². The van der Waals surface area contributed by atoms with Gasteiger partial charge in [-0.15, -0.1) is 0 Å². The normalized spacial score (nSPS) is 20.0. The zero-order valence-electron chi connectivity index (χ0n) is 20.5. The summed E-state index contributed by atoms with van der Waals surface area (Å²) in [6.07, 6.45) is -0.472. The number of benzene rings is 2. The molecule has 2 aromatic carbocycles. The van der Waals surface area contributed by atoms with Gasteiger partial charge in [-0.25, -0.2) is 21.6 Å². The molecule has 2 amide bonds. The van der Waals surface area contributed by atoms with Gasteiger partial charge in [0.25, 0.3) is 0 Å². The molecule has 0 radical (unpaired) electrons. The quantitative estimate of drug-likeness (QED) is 0.527. The van der Waals surface area contributed by atoms with E-state index in [2.05, 4.69) is 0 Å². The van der Waals surface area contributed by atoms with E-state index in [0.717, 1.165) is 8.61 Å². The second-order valence-electron chi connectivity index (χ2n) is 8.63. The number of ether oxygens (including phenoxy) is 1. The summed E-state index contributed by atoms with van der Waals surface area (Å²) < 4.78 is 61.0. The standard InChI is InChI=1S/C24H30N4O7S2/c1-2-35-24(30)26-15-13-25(14-16-26)23(29)22-19-27(36(31,32)20-9-5-3-6-10-20)17-18-28(22)37(33,34)21-11-7-4-8-12-21/h3-12,22H,2,13-19H2,1H3/t22-/m0/s1. The van der Waals surface area contributed by atoms with Gasteiger partial charge in [0, 0.05) is 45.8 Å². The largest absolute Gasteiger partial charge is 0.450 e. The number of amides is 2. The first-order valence-electron chi connectivity index (χ1n) is 12.0. The van der Waals surface area contributed by atoms with E-state index < -0.39 is 38.1 Å². The van der Waals surface area contributed by atoms with Gasteiger partial charge in [-0.2, -0.15) is 8.61 Å². The molecular formula is C24H30N4O7S2. The lowest BCUT2D eigenvalue weighted by Gasteiger charge is -2.42. The van der Waals surface area contributed by atoms with Crippen molar-refractivity contribution in [1.82, 2.24) is 18.4 Å². The minimum absolute atomic E-state index is 0.0271. The molecule has 2 saturated heterocycles. The Labute approximate surface area is 217 Å². The van der Waals surface area contributed by atoms with Crippen LogP contribution in [0, 0.1) is 0 Å². The molecule has 37 heavy (non-hydrogen) atoms. The van der Waals surface area contributed by atoms with Crippen LogP contribution in [0.5, 0.6) is 0 Å². The van der Waals surface area contributed by atoms with E-state index in [1.807, 2.05) is 0 Å². The van der Waals surface area contributed by atoms with Gasteiger partial charge in [0.1, 0.15) is 6.04 Å². The van der Waals surface area contributed by atoms with Gasteiger partial charge in [0.15, 0.2) is 0 Å². The molecule has 200 valence electrons. The van der Waals surface area contributed by atoms with Crippen molar-refractivity contribution >= 4 is 32.0 Å². The van der Waals surface area contributed by atoms with Crippen molar-refractivity contribution in [3.05, 3.63) is 60.7 Å². The zero-order chi connectivity index (χ0) is 26.6. The molecule has 0 bridgehead atoms. The third-order valence-electron chi connectivity index (χ3n) is 6.43. The van der Waals surface area contributed by atoms with E-state index in [0.29, 0.717) is 0 Å². The molecule has 2 fully saturated rings. The summed E-state index contributed by atoms with van der Waals surface area (Å²) in [7, 11) is -8.03. The maximum atomic E-state index is 13.7. The summed E-state index contributed by atoms with van der Waals surface area (Å²) in [4.78, 5) is 28.8. The number of hydrogen-bond donors (Lipinski definition) is 0. The Hall–Kier alpha value is -3.00. The van der Waals surface area contributed by atoms with Crippen molar-refractivity contribution in [3.63, 3.8) is 0 Å². The Kier molecular flexibility index (Phi) is 8.17. The predicted octanol–water partition coefficient (Wildman–Crippen LogP) is 1.05. The van der Waals surface area contributed by atoms with Crippen LogP contribution in [0.15, 0.2) is 70.5 Å². The average molecular weight is 551 g/mol. The Bertz CT molecular complexity index is 1310. The number of nitrogens with zero attached hydrogens (tertiary/aromatic N) is 4. The SMILES string of the molecule is CCOC(=O)N1CCN(C(=O)[C@@H]2CN(S(=O)(=O)c3ccccc3)CCN2S(=O)(=O)c2ccccc2)CC1. The average Bonchev–Trinajstić information content (AvgIpc) is 2.93. The predicted molar refractivity (Wildman–Crippen MR) is 134 cm³/mol. The van der Waals surface area contributed by atoms with Crippen molar-refractivity contribution < 1.29 is 31.2 Å². The van der Waals surface area contributed by atoms with Gasteiger partial charge in [0.2, 0.25) is 26.0 Å². The van der Waals surface area contributed by atoms with Gasteiger partial charge in [0.05, 0.1) is 16.4 Å². The lowest BCUT2D eigenvalue weighted by atomic mass is 10.2. The van der Waals surface area contributed by atoms with Crippen molar-refractivity contribution in [1.29, 1.82) is 0 Å². The zero-order valence-corrected chi connectivity index (χ0v) is 22.1. The first-order chi connectivity index (χ1) is 17.7. The molecule has 4 rings (SSSR count). The minimum Gasteiger partial charge on any atom is -0.450 e. The number of carbonyl (C=O) groups is 2. The maximum absolute atomic E-state index is 13.7. The molecule has 2 heterocycles. The van der Waals surface area contributed by atoms with Gasteiger partial charge in [-0.3, -0.25) is 4.79 Å². The van der Waals surface area contributed by atoms with Crippen LogP contribution in [-0.4, -0.2) is 106 Å².